The van der Waals surface area contributed by atoms with E-state index in [9.17, 15) is 19.1 Å². The van der Waals surface area contributed by atoms with Gasteiger partial charge in [0.15, 0.2) is 0 Å². The van der Waals surface area contributed by atoms with E-state index >= 15 is 0 Å². The third-order valence-corrected chi connectivity index (χ3v) is 5.40. The van der Waals surface area contributed by atoms with Gasteiger partial charge in [0.1, 0.15) is 11.6 Å². The van der Waals surface area contributed by atoms with Crippen LogP contribution in [0.25, 0.3) is 5.76 Å². The number of amides is 1. The normalized spacial score (nSPS) is 19.3. The minimum absolute atomic E-state index is 0.0545. The van der Waals surface area contributed by atoms with E-state index < -0.39 is 23.5 Å². The standard InChI is InChI=1S/C20H21FN2O3S/c1-22(2)10-4-11-23-17(15-5-3-12-27-15)16(19(25)20(23)26)18(24)13-6-8-14(21)9-7-13/h3,5-9,12,17,24H,4,10-11H2,1-2H3/t17-/m1/s1. The first-order valence-electron chi connectivity index (χ1n) is 8.62. The molecule has 1 fully saturated rings. The molecule has 1 amide bonds. The Morgan fingerprint density at radius 2 is 1.93 bits per heavy atom. The van der Waals surface area contributed by atoms with E-state index in [0.717, 1.165) is 11.4 Å². The molecular formula is C20H21FN2O3S. The number of hydrogen-bond acceptors (Lipinski definition) is 5. The highest BCUT2D eigenvalue weighted by molar-refractivity contribution is 7.10. The summed E-state index contributed by atoms with van der Waals surface area (Å²) >= 11 is 1.42. The summed E-state index contributed by atoms with van der Waals surface area (Å²) in [4.78, 5) is 29.7. The Hall–Kier alpha value is -2.51. The van der Waals surface area contributed by atoms with Crippen molar-refractivity contribution in [1.29, 1.82) is 0 Å². The predicted octanol–water partition coefficient (Wildman–Crippen LogP) is 3.26. The summed E-state index contributed by atoms with van der Waals surface area (Å²) in [5, 5.41) is 12.6. The van der Waals surface area contributed by atoms with E-state index in [4.69, 9.17) is 0 Å². The van der Waals surface area contributed by atoms with Crippen molar-refractivity contribution >= 4 is 28.8 Å². The van der Waals surface area contributed by atoms with Crippen molar-refractivity contribution in [3.63, 3.8) is 0 Å². The summed E-state index contributed by atoms with van der Waals surface area (Å²) in [6, 6.07) is 8.28. The predicted molar refractivity (Wildman–Crippen MR) is 103 cm³/mol. The number of carbonyl (C=O) groups excluding carboxylic acids is 2. The van der Waals surface area contributed by atoms with Crippen molar-refractivity contribution in [3.05, 3.63) is 63.6 Å². The highest BCUT2D eigenvalue weighted by atomic mass is 32.1. The van der Waals surface area contributed by atoms with Crippen molar-refractivity contribution in [2.45, 2.75) is 12.5 Å². The third-order valence-electron chi connectivity index (χ3n) is 4.47. The lowest BCUT2D eigenvalue weighted by Crippen LogP contribution is -2.32. The van der Waals surface area contributed by atoms with Gasteiger partial charge < -0.3 is 14.9 Å². The molecule has 0 radical (unpaired) electrons. The molecule has 1 N–H and O–H groups in total. The highest BCUT2D eigenvalue weighted by Crippen LogP contribution is 2.41. The van der Waals surface area contributed by atoms with Crippen molar-refractivity contribution in [1.82, 2.24) is 9.80 Å². The number of likely N-dealkylation sites (tertiary alicyclic amines) is 1. The quantitative estimate of drug-likeness (QED) is 0.469. The molecule has 5 nitrogen and oxygen atoms in total. The molecule has 0 bridgehead atoms. The number of Topliss-reactive ketones (excluding diaryl/α,β-unsaturated/α-hetero) is 1. The first-order chi connectivity index (χ1) is 12.9. The molecule has 1 saturated heterocycles. The summed E-state index contributed by atoms with van der Waals surface area (Å²) in [5.41, 5.74) is 0.364. The molecule has 1 atom stereocenters. The van der Waals surface area contributed by atoms with Crippen LogP contribution in [0.5, 0.6) is 0 Å². The fraction of sp³-hybridized carbons (Fsp3) is 0.300. The molecule has 2 aromatic rings. The van der Waals surface area contributed by atoms with E-state index in [-0.39, 0.29) is 11.3 Å². The van der Waals surface area contributed by atoms with Crippen LogP contribution in [0.4, 0.5) is 4.39 Å². The Morgan fingerprint density at radius 1 is 1.22 bits per heavy atom. The van der Waals surface area contributed by atoms with Crippen molar-refractivity contribution in [2.24, 2.45) is 0 Å². The van der Waals surface area contributed by atoms with Crippen LogP contribution in [-0.2, 0) is 9.59 Å². The van der Waals surface area contributed by atoms with Gasteiger partial charge in [-0.05, 0) is 62.8 Å². The monoisotopic (exact) mass is 388 g/mol. The van der Waals surface area contributed by atoms with Gasteiger partial charge >= 0.3 is 0 Å². The van der Waals surface area contributed by atoms with E-state index in [1.54, 1.807) is 0 Å². The smallest absolute Gasteiger partial charge is 0.295 e. The number of aliphatic hydroxyl groups excluding tert-OH is 1. The molecule has 2 heterocycles. The zero-order valence-electron chi connectivity index (χ0n) is 15.2. The lowest BCUT2D eigenvalue weighted by atomic mass is 10.00. The van der Waals surface area contributed by atoms with Crippen LogP contribution in [-0.4, -0.2) is 53.8 Å². The topological polar surface area (TPSA) is 60.9 Å². The average molecular weight is 388 g/mol. The number of nitrogens with zero attached hydrogens (tertiary/aromatic N) is 2. The maximum Gasteiger partial charge on any atom is 0.295 e. The molecule has 0 aliphatic carbocycles. The van der Waals surface area contributed by atoms with Gasteiger partial charge in [0, 0.05) is 17.0 Å². The van der Waals surface area contributed by atoms with Crippen LogP contribution < -0.4 is 0 Å². The van der Waals surface area contributed by atoms with E-state index in [0.29, 0.717) is 18.5 Å². The number of aliphatic hydroxyl groups is 1. The first-order valence-corrected chi connectivity index (χ1v) is 9.50. The van der Waals surface area contributed by atoms with Crippen molar-refractivity contribution < 1.29 is 19.1 Å². The molecule has 142 valence electrons. The molecule has 0 spiro atoms. The second-order valence-corrected chi connectivity index (χ2v) is 7.65. The summed E-state index contributed by atoms with van der Waals surface area (Å²) in [7, 11) is 3.89. The Bertz CT molecular complexity index is 860. The number of halogens is 1. The Morgan fingerprint density at radius 3 is 2.52 bits per heavy atom. The van der Waals surface area contributed by atoms with Gasteiger partial charge in [-0.1, -0.05) is 6.07 Å². The summed E-state index contributed by atoms with van der Waals surface area (Å²) in [6.07, 6.45) is 0.707. The minimum atomic E-state index is -0.708. The fourth-order valence-corrected chi connectivity index (χ4v) is 4.02. The van der Waals surface area contributed by atoms with Gasteiger partial charge in [0.2, 0.25) is 0 Å². The van der Waals surface area contributed by atoms with Crippen LogP contribution >= 0.6 is 11.3 Å². The zero-order valence-corrected chi connectivity index (χ0v) is 16.0. The molecule has 1 aliphatic heterocycles. The number of benzene rings is 1. The minimum Gasteiger partial charge on any atom is -0.507 e. The lowest BCUT2D eigenvalue weighted by molar-refractivity contribution is -0.139. The third kappa shape index (κ3) is 3.94. The molecule has 0 saturated carbocycles. The van der Waals surface area contributed by atoms with E-state index in [2.05, 4.69) is 0 Å². The fourth-order valence-electron chi connectivity index (χ4n) is 3.17. The van der Waals surface area contributed by atoms with Crippen LogP contribution in [0.3, 0.4) is 0 Å². The highest BCUT2D eigenvalue weighted by Gasteiger charge is 2.46. The van der Waals surface area contributed by atoms with Gasteiger partial charge in [-0.25, -0.2) is 4.39 Å². The molecule has 3 rings (SSSR count). The van der Waals surface area contributed by atoms with Crippen molar-refractivity contribution in [3.8, 4) is 0 Å². The number of hydrogen-bond donors (Lipinski definition) is 1. The van der Waals surface area contributed by atoms with Crippen LogP contribution in [0, 0.1) is 5.82 Å². The first kappa shape index (κ1) is 19.3. The molecule has 0 unspecified atom stereocenters. The Kier molecular flexibility index (Phi) is 5.72. The van der Waals surface area contributed by atoms with Gasteiger partial charge in [-0.3, -0.25) is 9.59 Å². The van der Waals surface area contributed by atoms with Gasteiger partial charge in [0.05, 0.1) is 11.6 Å². The van der Waals surface area contributed by atoms with Gasteiger partial charge in [-0.2, -0.15) is 0 Å². The molecule has 1 aromatic carbocycles. The number of ketones is 1. The molecule has 1 aromatic heterocycles. The SMILES string of the molecule is CN(C)CCCN1C(=O)C(=O)C(=C(O)c2ccc(F)cc2)[C@H]1c1cccs1. The van der Waals surface area contributed by atoms with Gasteiger partial charge in [0.25, 0.3) is 11.7 Å². The molecule has 1 aliphatic rings. The maximum atomic E-state index is 13.2. The van der Waals surface area contributed by atoms with Gasteiger partial charge in [-0.15, -0.1) is 11.3 Å². The molecule has 7 heteroatoms. The van der Waals surface area contributed by atoms with Crippen LogP contribution in [0.2, 0.25) is 0 Å². The number of rotatable bonds is 6. The van der Waals surface area contributed by atoms with E-state index in [1.165, 1.54) is 40.5 Å². The summed E-state index contributed by atoms with van der Waals surface area (Å²) in [5.74, 6) is -2.04. The lowest BCUT2D eigenvalue weighted by Gasteiger charge is -2.24. The summed E-state index contributed by atoms with van der Waals surface area (Å²) in [6.45, 7) is 1.18. The average Bonchev–Trinajstić information content (AvgIpc) is 3.24. The molecular weight excluding hydrogens is 367 g/mol. The van der Waals surface area contributed by atoms with E-state index in [1.807, 2.05) is 36.5 Å². The second kappa shape index (κ2) is 8.02. The Balaban J connectivity index is 2.03. The zero-order chi connectivity index (χ0) is 19.6. The Labute approximate surface area is 161 Å². The number of carbonyl (C=O) groups is 2. The van der Waals surface area contributed by atoms with Crippen LogP contribution in [0.15, 0.2) is 47.4 Å². The molecule has 27 heavy (non-hydrogen) atoms. The largest absolute Gasteiger partial charge is 0.507 e. The van der Waals surface area contributed by atoms with Crippen molar-refractivity contribution in [2.75, 3.05) is 27.2 Å². The number of thiophene rings is 1. The second-order valence-electron chi connectivity index (χ2n) is 6.67. The summed E-state index contributed by atoms with van der Waals surface area (Å²) < 4.78 is 13.2. The van der Waals surface area contributed by atoms with Crippen LogP contribution in [0.1, 0.15) is 22.9 Å². The maximum absolute atomic E-state index is 13.2.